The van der Waals surface area contributed by atoms with Crippen molar-refractivity contribution in [3.05, 3.63) is 32.5 Å². The Bertz CT molecular complexity index is 582. The van der Waals surface area contributed by atoms with Gasteiger partial charge in [-0.15, -0.1) is 0 Å². The van der Waals surface area contributed by atoms with E-state index in [2.05, 4.69) is 15.9 Å². The van der Waals surface area contributed by atoms with Gasteiger partial charge in [0, 0.05) is 6.54 Å². The van der Waals surface area contributed by atoms with E-state index in [1.54, 1.807) is 0 Å². The topological polar surface area (TPSA) is 83.7 Å². The first kappa shape index (κ1) is 15.7. The van der Waals surface area contributed by atoms with Gasteiger partial charge in [-0.25, -0.2) is 9.18 Å². The van der Waals surface area contributed by atoms with E-state index in [4.69, 9.17) is 0 Å². The van der Waals surface area contributed by atoms with E-state index >= 15 is 0 Å². The smallest absolute Gasteiger partial charge is 0.326 e. The Morgan fingerprint density at radius 2 is 2.14 bits per heavy atom. The van der Waals surface area contributed by atoms with Crippen molar-refractivity contribution in [2.45, 2.75) is 31.7 Å². The molecule has 0 bridgehead atoms. The molecule has 0 radical (unpaired) electrons. The van der Waals surface area contributed by atoms with Gasteiger partial charge in [-0.3, -0.25) is 10.1 Å². The minimum absolute atomic E-state index is 0.0801. The summed E-state index contributed by atoms with van der Waals surface area (Å²) in [4.78, 5) is 23.4. The van der Waals surface area contributed by atoms with Crippen LogP contribution < -0.4 is 4.90 Å². The van der Waals surface area contributed by atoms with Gasteiger partial charge in [0.1, 0.15) is 17.5 Å². The van der Waals surface area contributed by atoms with Crippen LogP contribution in [0.2, 0.25) is 0 Å². The highest BCUT2D eigenvalue weighted by Gasteiger charge is 2.32. The lowest BCUT2D eigenvalue weighted by Gasteiger charge is -2.28. The zero-order chi connectivity index (χ0) is 15.6. The van der Waals surface area contributed by atoms with E-state index in [1.165, 1.54) is 11.0 Å². The molecule has 1 aromatic carbocycles. The molecule has 1 heterocycles. The third-order valence-electron chi connectivity index (χ3n) is 3.56. The number of carboxylic acid groups (broad SMARTS) is 1. The fourth-order valence-corrected chi connectivity index (χ4v) is 2.89. The first-order valence-corrected chi connectivity index (χ1v) is 7.34. The number of benzene rings is 1. The van der Waals surface area contributed by atoms with Gasteiger partial charge in [-0.1, -0.05) is 12.8 Å². The van der Waals surface area contributed by atoms with Crippen LogP contribution >= 0.6 is 15.9 Å². The van der Waals surface area contributed by atoms with Crippen molar-refractivity contribution in [2.75, 3.05) is 11.4 Å². The van der Waals surface area contributed by atoms with Crippen LogP contribution in [0.25, 0.3) is 0 Å². The molecule has 21 heavy (non-hydrogen) atoms. The van der Waals surface area contributed by atoms with Crippen molar-refractivity contribution >= 4 is 33.3 Å². The second-order valence-corrected chi connectivity index (χ2v) is 5.76. The van der Waals surface area contributed by atoms with Gasteiger partial charge in [0.25, 0.3) is 5.69 Å². The molecule has 1 aromatic rings. The monoisotopic (exact) mass is 360 g/mol. The molecule has 0 amide bonds. The molecule has 1 saturated heterocycles. The van der Waals surface area contributed by atoms with Gasteiger partial charge in [0.2, 0.25) is 0 Å². The molecular formula is C13H14BrFN2O4. The summed E-state index contributed by atoms with van der Waals surface area (Å²) < 4.78 is 13.6. The second kappa shape index (κ2) is 6.38. The van der Waals surface area contributed by atoms with Crippen LogP contribution in [0.4, 0.5) is 15.8 Å². The van der Waals surface area contributed by atoms with Crippen molar-refractivity contribution in [2.24, 2.45) is 0 Å². The SMILES string of the molecule is O=C(O)C1CCCCCN1c1cc(Br)c(F)cc1[N+](=O)[O-]. The summed E-state index contributed by atoms with van der Waals surface area (Å²) in [6.07, 6.45) is 2.79. The summed E-state index contributed by atoms with van der Waals surface area (Å²) in [7, 11) is 0. The maximum Gasteiger partial charge on any atom is 0.326 e. The lowest BCUT2D eigenvalue weighted by atomic mass is 10.1. The summed E-state index contributed by atoms with van der Waals surface area (Å²) in [5.41, 5.74) is -0.272. The largest absolute Gasteiger partial charge is 0.480 e. The maximum atomic E-state index is 13.5. The minimum Gasteiger partial charge on any atom is -0.480 e. The van der Waals surface area contributed by atoms with Crippen molar-refractivity contribution in [3.63, 3.8) is 0 Å². The van der Waals surface area contributed by atoms with Gasteiger partial charge < -0.3 is 10.0 Å². The number of hydrogen-bond acceptors (Lipinski definition) is 4. The van der Waals surface area contributed by atoms with E-state index in [1.807, 2.05) is 0 Å². The Balaban J connectivity index is 2.53. The summed E-state index contributed by atoms with van der Waals surface area (Å²) in [5, 5.41) is 20.5. The standard InChI is InChI=1S/C13H14BrFN2O4/c14-8-6-11(12(17(20)21)7-9(8)15)16-5-3-1-2-4-10(16)13(18)19/h6-7,10H,1-5H2,(H,18,19). The second-order valence-electron chi connectivity index (χ2n) is 4.91. The number of hydrogen-bond donors (Lipinski definition) is 1. The minimum atomic E-state index is -1.02. The molecule has 114 valence electrons. The number of anilines is 1. The first-order chi connectivity index (χ1) is 9.91. The highest BCUT2D eigenvalue weighted by molar-refractivity contribution is 9.10. The van der Waals surface area contributed by atoms with Crippen LogP contribution in [0.3, 0.4) is 0 Å². The Morgan fingerprint density at radius 1 is 1.43 bits per heavy atom. The zero-order valence-electron chi connectivity index (χ0n) is 11.1. The number of nitro benzene ring substituents is 1. The van der Waals surface area contributed by atoms with Crippen molar-refractivity contribution in [1.29, 1.82) is 0 Å². The fourth-order valence-electron chi connectivity index (χ4n) is 2.56. The Hall–Kier alpha value is -1.70. The summed E-state index contributed by atoms with van der Waals surface area (Å²) in [5.74, 6) is -1.77. The molecule has 0 saturated carbocycles. The lowest BCUT2D eigenvalue weighted by molar-refractivity contribution is -0.384. The van der Waals surface area contributed by atoms with Crippen LogP contribution in [0.1, 0.15) is 25.7 Å². The number of nitro groups is 1. The maximum absolute atomic E-state index is 13.5. The summed E-state index contributed by atoms with van der Waals surface area (Å²) in [6, 6.07) is 1.28. The lowest BCUT2D eigenvalue weighted by Crippen LogP contribution is -2.41. The van der Waals surface area contributed by atoms with E-state index < -0.39 is 28.4 Å². The molecule has 8 heteroatoms. The van der Waals surface area contributed by atoms with Crippen LogP contribution in [-0.2, 0) is 4.79 Å². The molecule has 1 atom stereocenters. The summed E-state index contributed by atoms with van der Waals surface area (Å²) >= 11 is 3.00. The fraction of sp³-hybridized carbons (Fsp3) is 0.462. The van der Waals surface area contributed by atoms with Crippen molar-refractivity contribution in [1.82, 2.24) is 0 Å². The molecular weight excluding hydrogens is 347 g/mol. The Kier molecular flexibility index (Phi) is 4.76. The number of carbonyl (C=O) groups is 1. The average Bonchev–Trinajstić information content (AvgIpc) is 2.66. The Morgan fingerprint density at radius 3 is 2.76 bits per heavy atom. The predicted octanol–water partition coefficient (Wildman–Crippen LogP) is 3.33. The molecule has 0 aliphatic carbocycles. The van der Waals surface area contributed by atoms with Gasteiger partial charge in [-0.2, -0.15) is 0 Å². The highest BCUT2D eigenvalue weighted by Crippen LogP contribution is 2.36. The Labute approximate surface area is 128 Å². The molecule has 1 fully saturated rings. The average molecular weight is 361 g/mol. The number of aliphatic carboxylic acids is 1. The normalized spacial score (nSPS) is 19.1. The molecule has 0 spiro atoms. The van der Waals surface area contributed by atoms with Crippen LogP contribution in [-0.4, -0.2) is 28.6 Å². The van der Waals surface area contributed by atoms with Crippen LogP contribution in [0, 0.1) is 15.9 Å². The van der Waals surface area contributed by atoms with Crippen LogP contribution in [0.5, 0.6) is 0 Å². The molecule has 1 aliphatic heterocycles. The number of carboxylic acids is 1. The predicted molar refractivity (Wildman–Crippen MR) is 78.0 cm³/mol. The molecule has 2 rings (SSSR count). The molecule has 1 N–H and O–H groups in total. The molecule has 1 aliphatic rings. The molecule has 1 unspecified atom stereocenters. The van der Waals surface area contributed by atoms with E-state index in [9.17, 15) is 24.4 Å². The zero-order valence-corrected chi connectivity index (χ0v) is 12.7. The van der Waals surface area contributed by atoms with Crippen molar-refractivity contribution < 1.29 is 19.2 Å². The van der Waals surface area contributed by atoms with E-state index in [-0.39, 0.29) is 10.2 Å². The van der Waals surface area contributed by atoms with Gasteiger partial charge in [0.15, 0.2) is 0 Å². The van der Waals surface area contributed by atoms with Gasteiger partial charge in [-0.05, 0) is 34.8 Å². The van der Waals surface area contributed by atoms with Crippen molar-refractivity contribution in [3.8, 4) is 0 Å². The summed E-state index contributed by atoms with van der Waals surface area (Å²) in [6.45, 7) is 0.399. The number of halogens is 2. The third kappa shape index (κ3) is 3.31. The van der Waals surface area contributed by atoms with Gasteiger partial charge in [0.05, 0.1) is 15.5 Å². The van der Waals surface area contributed by atoms with Gasteiger partial charge >= 0.3 is 5.97 Å². The van der Waals surface area contributed by atoms with E-state index in [0.717, 1.165) is 25.3 Å². The molecule has 6 nitrogen and oxygen atoms in total. The third-order valence-corrected chi connectivity index (χ3v) is 4.17. The quantitative estimate of drug-likeness (QED) is 0.660. The number of nitrogens with zero attached hydrogens (tertiary/aromatic N) is 2. The van der Waals surface area contributed by atoms with Crippen LogP contribution in [0.15, 0.2) is 16.6 Å². The first-order valence-electron chi connectivity index (χ1n) is 6.54. The molecule has 0 aromatic heterocycles. The highest BCUT2D eigenvalue weighted by atomic mass is 79.9. The number of rotatable bonds is 3. The van der Waals surface area contributed by atoms with E-state index in [0.29, 0.717) is 13.0 Å².